The zero-order chi connectivity index (χ0) is 13.3. The average molecular weight is 250 g/mol. The van der Waals surface area contributed by atoms with Gasteiger partial charge in [0.05, 0.1) is 12.1 Å². The van der Waals surface area contributed by atoms with E-state index in [9.17, 15) is 5.11 Å². The number of rotatable bonds is 5. The Kier molecular flexibility index (Phi) is 3.43. The Labute approximate surface area is 108 Å². The number of aromatic nitrogens is 2. The highest BCUT2D eigenvalue weighted by Crippen LogP contribution is 2.39. The predicted molar refractivity (Wildman–Crippen MR) is 73.1 cm³/mol. The Morgan fingerprint density at radius 3 is 2.33 bits per heavy atom. The molecule has 0 aromatic carbocycles. The predicted octanol–water partition coefficient (Wildman–Crippen LogP) is 1.89. The summed E-state index contributed by atoms with van der Waals surface area (Å²) in [5, 5.41) is 15.9. The smallest absolute Gasteiger partial charge is 0.135 e. The molecule has 0 radical (unpaired) electrons. The van der Waals surface area contributed by atoms with E-state index in [1.54, 1.807) is 0 Å². The van der Waals surface area contributed by atoms with Crippen LogP contribution in [0.25, 0.3) is 0 Å². The highest BCUT2D eigenvalue weighted by atomic mass is 16.3. The Hall–Kier alpha value is -1.36. The van der Waals surface area contributed by atoms with E-state index in [1.165, 1.54) is 0 Å². The van der Waals surface area contributed by atoms with E-state index in [-0.39, 0.29) is 18.1 Å². The summed E-state index contributed by atoms with van der Waals surface area (Å²) in [5.74, 6) is 2.79. The van der Waals surface area contributed by atoms with E-state index in [2.05, 4.69) is 34.4 Å². The molecule has 0 bridgehead atoms. The van der Waals surface area contributed by atoms with Crippen LogP contribution in [0.1, 0.15) is 44.0 Å². The van der Waals surface area contributed by atoms with Crippen molar-refractivity contribution in [1.29, 1.82) is 0 Å². The first-order chi connectivity index (χ1) is 8.51. The van der Waals surface area contributed by atoms with Gasteiger partial charge >= 0.3 is 0 Å². The highest BCUT2D eigenvalue weighted by molar-refractivity contribution is 5.59. The van der Waals surface area contributed by atoms with Gasteiger partial charge in [0.1, 0.15) is 17.5 Å². The van der Waals surface area contributed by atoms with Crippen LogP contribution in [-0.2, 0) is 0 Å². The molecule has 1 aliphatic carbocycles. The van der Waals surface area contributed by atoms with Crippen molar-refractivity contribution in [2.75, 3.05) is 24.3 Å². The topological polar surface area (TPSA) is 70.1 Å². The van der Waals surface area contributed by atoms with E-state index < -0.39 is 0 Å². The van der Waals surface area contributed by atoms with Crippen molar-refractivity contribution in [1.82, 2.24) is 9.97 Å². The Balaban J connectivity index is 2.35. The van der Waals surface area contributed by atoms with Gasteiger partial charge in [-0.3, -0.25) is 0 Å². The molecule has 18 heavy (non-hydrogen) atoms. The molecule has 1 aliphatic rings. The first-order valence-corrected chi connectivity index (χ1v) is 6.46. The summed E-state index contributed by atoms with van der Waals surface area (Å²) in [5.41, 5.74) is 0.847. The van der Waals surface area contributed by atoms with Crippen LogP contribution in [0.4, 0.5) is 11.6 Å². The lowest BCUT2D eigenvalue weighted by Gasteiger charge is -2.19. The van der Waals surface area contributed by atoms with E-state index in [0.717, 1.165) is 35.9 Å². The molecule has 0 saturated heterocycles. The van der Waals surface area contributed by atoms with Gasteiger partial charge in [-0.25, -0.2) is 9.97 Å². The molecule has 1 aromatic heterocycles. The zero-order valence-corrected chi connectivity index (χ0v) is 11.5. The van der Waals surface area contributed by atoms with Crippen LogP contribution < -0.4 is 10.6 Å². The minimum atomic E-state index is -0.154. The normalized spacial score (nSPS) is 16.8. The molecule has 5 heteroatoms. The Bertz CT molecular complexity index is 441. The van der Waals surface area contributed by atoms with Gasteiger partial charge in [-0.2, -0.15) is 0 Å². The second kappa shape index (κ2) is 4.72. The molecule has 1 heterocycles. The van der Waals surface area contributed by atoms with E-state index in [1.807, 2.05) is 14.0 Å². The minimum Gasteiger partial charge on any atom is -0.394 e. The second-order valence-corrected chi connectivity index (χ2v) is 5.37. The molecule has 0 amide bonds. The fourth-order valence-corrected chi connectivity index (χ4v) is 1.88. The third-order valence-electron chi connectivity index (χ3n) is 3.46. The molecule has 0 spiro atoms. The zero-order valence-electron chi connectivity index (χ0n) is 11.5. The van der Waals surface area contributed by atoms with E-state index in [0.29, 0.717) is 0 Å². The number of hydrogen-bond acceptors (Lipinski definition) is 5. The molecule has 0 unspecified atom stereocenters. The number of nitrogens with one attached hydrogen (secondary N) is 2. The standard InChI is InChI=1S/C13H22N4O/c1-8(2)10-15-11(14-4)9(3)12(16-10)17-13(7-18)5-6-13/h8,18H,5-7H2,1-4H3,(H2,14,15,16,17). The summed E-state index contributed by atoms with van der Waals surface area (Å²) in [6.07, 6.45) is 2.00. The van der Waals surface area contributed by atoms with Crippen LogP contribution >= 0.6 is 0 Å². The molecule has 100 valence electrons. The minimum absolute atomic E-state index is 0.154. The molecular weight excluding hydrogens is 228 g/mol. The van der Waals surface area contributed by atoms with Crippen molar-refractivity contribution in [2.24, 2.45) is 0 Å². The van der Waals surface area contributed by atoms with Gasteiger partial charge in [-0.1, -0.05) is 13.8 Å². The van der Waals surface area contributed by atoms with Crippen LogP contribution in [0.15, 0.2) is 0 Å². The highest BCUT2D eigenvalue weighted by Gasteiger charge is 2.42. The maximum atomic E-state index is 9.39. The van der Waals surface area contributed by atoms with Crippen molar-refractivity contribution in [3.8, 4) is 0 Å². The van der Waals surface area contributed by atoms with Crippen molar-refractivity contribution in [3.63, 3.8) is 0 Å². The van der Waals surface area contributed by atoms with Crippen molar-refractivity contribution >= 4 is 11.6 Å². The van der Waals surface area contributed by atoms with Gasteiger partial charge in [-0.15, -0.1) is 0 Å². The summed E-state index contributed by atoms with van der Waals surface area (Å²) in [6, 6.07) is 0. The van der Waals surface area contributed by atoms with Crippen LogP contribution in [0, 0.1) is 6.92 Å². The molecular formula is C13H22N4O. The number of anilines is 2. The molecule has 2 rings (SSSR count). The number of nitrogens with zero attached hydrogens (tertiary/aromatic N) is 2. The molecule has 1 saturated carbocycles. The largest absolute Gasteiger partial charge is 0.394 e. The third kappa shape index (κ3) is 2.41. The van der Waals surface area contributed by atoms with Gasteiger partial charge in [0.2, 0.25) is 0 Å². The average Bonchev–Trinajstić information content (AvgIpc) is 3.12. The SMILES string of the molecule is CNc1nc(C(C)C)nc(NC2(CO)CC2)c1C. The monoisotopic (exact) mass is 250 g/mol. The summed E-state index contributed by atoms with van der Waals surface area (Å²) < 4.78 is 0. The molecule has 1 aromatic rings. The van der Waals surface area contributed by atoms with Crippen molar-refractivity contribution in [3.05, 3.63) is 11.4 Å². The maximum absolute atomic E-state index is 9.39. The lowest BCUT2D eigenvalue weighted by Crippen LogP contribution is -2.27. The number of aliphatic hydroxyl groups excluding tert-OH is 1. The van der Waals surface area contributed by atoms with Crippen molar-refractivity contribution in [2.45, 2.75) is 45.1 Å². The molecule has 1 fully saturated rings. The van der Waals surface area contributed by atoms with Crippen LogP contribution in [0.5, 0.6) is 0 Å². The van der Waals surface area contributed by atoms with Gasteiger partial charge in [0.15, 0.2) is 0 Å². The quantitative estimate of drug-likeness (QED) is 0.744. The second-order valence-electron chi connectivity index (χ2n) is 5.37. The maximum Gasteiger partial charge on any atom is 0.135 e. The molecule has 0 atom stereocenters. The summed E-state index contributed by atoms with van der Waals surface area (Å²) in [6.45, 7) is 6.30. The van der Waals surface area contributed by atoms with Gasteiger partial charge in [-0.05, 0) is 19.8 Å². The molecule has 0 aliphatic heterocycles. The van der Waals surface area contributed by atoms with Gasteiger partial charge < -0.3 is 15.7 Å². The first kappa shape index (κ1) is 13.1. The van der Waals surface area contributed by atoms with Crippen LogP contribution in [-0.4, -0.2) is 34.3 Å². The first-order valence-electron chi connectivity index (χ1n) is 6.46. The molecule has 5 nitrogen and oxygen atoms in total. The van der Waals surface area contributed by atoms with Crippen LogP contribution in [0.2, 0.25) is 0 Å². The van der Waals surface area contributed by atoms with E-state index >= 15 is 0 Å². The summed E-state index contributed by atoms with van der Waals surface area (Å²) in [4.78, 5) is 9.08. The fourth-order valence-electron chi connectivity index (χ4n) is 1.88. The Morgan fingerprint density at radius 1 is 1.28 bits per heavy atom. The van der Waals surface area contributed by atoms with E-state index in [4.69, 9.17) is 0 Å². The summed E-state index contributed by atoms with van der Waals surface area (Å²) in [7, 11) is 1.86. The van der Waals surface area contributed by atoms with Gasteiger partial charge in [0, 0.05) is 18.5 Å². The van der Waals surface area contributed by atoms with Crippen LogP contribution in [0.3, 0.4) is 0 Å². The number of aliphatic hydroxyl groups is 1. The van der Waals surface area contributed by atoms with Gasteiger partial charge in [0.25, 0.3) is 0 Å². The summed E-state index contributed by atoms with van der Waals surface area (Å²) >= 11 is 0. The van der Waals surface area contributed by atoms with Crippen molar-refractivity contribution < 1.29 is 5.11 Å². The lowest BCUT2D eigenvalue weighted by atomic mass is 10.2. The number of hydrogen-bond donors (Lipinski definition) is 3. The Morgan fingerprint density at radius 2 is 1.89 bits per heavy atom. The third-order valence-corrected chi connectivity index (χ3v) is 3.46. The lowest BCUT2D eigenvalue weighted by molar-refractivity contribution is 0.266. The fraction of sp³-hybridized carbons (Fsp3) is 0.692. The molecule has 3 N–H and O–H groups in total.